The summed E-state index contributed by atoms with van der Waals surface area (Å²) in [7, 11) is 0. The minimum absolute atomic E-state index is 0.00232. The number of hydrogen-bond donors (Lipinski definition) is 0. The molecule has 7 heteroatoms. The molecular weight excluding hydrogens is 325 g/mol. The Morgan fingerprint density at radius 3 is 2.86 bits per heavy atom. The van der Waals surface area contributed by atoms with Crippen LogP contribution in [0, 0.1) is 17.3 Å². The second kappa shape index (κ2) is 5.56. The molecule has 0 radical (unpaired) electrons. The standard InChI is InChI=1S/C15H15Cl2N3O2/c1-15(2)9(7-12(16)17)13(15)14(21)22-8-20-11-6-4-3-5-10(11)18-19-20/h3-7,9,13H,8H2,1-2H3/t9-,13-/m1/s1. The third kappa shape index (κ3) is 2.71. The second-order valence-electron chi connectivity index (χ2n) is 5.95. The molecule has 1 fully saturated rings. The highest BCUT2D eigenvalue weighted by molar-refractivity contribution is 6.55. The maximum Gasteiger partial charge on any atom is 0.311 e. The van der Waals surface area contributed by atoms with Gasteiger partial charge in [0.1, 0.15) is 10.0 Å². The van der Waals surface area contributed by atoms with Gasteiger partial charge in [-0.1, -0.05) is 54.4 Å². The zero-order chi connectivity index (χ0) is 15.9. The highest BCUT2D eigenvalue weighted by Crippen LogP contribution is 2.60. The molecule has 0 amide bonds. The van der Waals surface area contributed by atoms with E-state index in [9.17, 15) is 4.79 Å². The van der Waals surface area contributed by atoms with Crippen LogP contribution in [0.1, 0.15) is 13.8 Å². The molecule has 116 valence electrons. The molecule has 0 unspecified atom stereocenters. The first-order chi connectivity index (χ1) is 10.4. The Morgan fingerprint density at radius 2 is 2.14 bits per heavy atom. The summed E-state index contributed by atoms with van der Waals surface area (Å²) in [6.07, 6.45) is 1.69. The van der Waals surface area contributed by atoms with Crippen molar-refractivity contribution >= 4 is 40.2 Å². The van der Waals surface area contributed by atoms with E-state index in [1.807, 2.05) is 38.1 Å². The van der Waals surface area contributed by atoms with Crippen LogP contribution < -0.4 is 0 Å². The molecule has 0 spiro atoms. The van der Waals surface area contributed by atoms with Crippen LogP contribution >= 0.6 is 23.2 Å². The Hall–Kier alpha value is -1.59. The second-order valence-corrected chi connectivity index (χ2v) is 6.96. The maximum atomic E-state index is 12.2. The first-order valence-corrected chi connectivity index (χ1v) is 7.64. The quantitative estimate of drug-likeness (QED) is 0.799. The van der Waals surface area contributed by atoms with Gasteiger partial charge in [-0.05, 0) is 29.5 Å². The average Bonchev–Trinajstić information content (AvgIpc) is 2.83. The number of fused-ring (bicyclic) bond motifs is 1. The van der Waals surface area contributed by atoms with Crippen LogP contribution in [-0.2, 0) is 16.3 Å². The molecule has 0 N–H and O–H groups in total. The molecule has 1 heterocycles. The van der Waals surface area contributed by atoms with Crippen molar-refractivity contribution in [1.82, 2.24) is 15.0 Å². The van der Waals surface area contributed by atoms with Gasteiger partial charge in [0.25, 0.3) is 0 Å². The van der Waals surface area contributed by atoms with Crippen LogP contribution in [0.2, 0.25) is 0 Å². The summed E-state index contributed by atoms with van der Waals surface area (Å²) in [4.78, 5) is 12.2. The lowest BCUT2D eigenvalue weighted by Gasteiger charge is -2.06. The summed E-state index contributed by atoms with van der Waals surface area (Å²) in [5, 5.41) is 8.00. The van der Waals surface area contributed by atoms with Crippen molar-refractivity contribution in [1.29, 1.82) is 0 Å². The van der Waals surface area contributed by atoms with E-state index in [0.29, 0.717) is 0 Å². The number of allylic oxidation sites excluding steroid dienone is 1. The first-order valence-electron chi connectivity index (χ1n) is 6.89. The Morgan fingerprint density at radius 1 is 1.41 bits per heavy atom. The van der Waals surface area contributed by atoms with E-state index >= 15 is 0 Å². The fourth-order valence-corrected chi connectivity index (χ4v) is 3.07. The topological polar surface area (TPSA) is 57.0 Å². The van der Waals surface area contributed by atoms with Crippen LogP contribution in [0.25, 0.3) is 11.0 Å². The Kier molecular flexibility index (Phi) is 3.87. The maximum absolute atomic E-state index is 12.2. The number of halogens is 2. The predicted molar refractivity (Wildman–Crippen MR) is 84.2 cm³/mol. The average molecular weight is 340 g/mol. The van der Waals surface area contributed by atoms with Gasteiger partial charge in [0.2, 0.25) is 0 Å². The summed E-state index contributed by atoms with van der Waals surface area (Å²) in [5.74, 6) is -0.521. The molecule has 2 aromatic rings. The summed E-state index contributed by atoms with van der Waals surface area (Å²) >= 11 is 11.4. The molecule has 2 atom stereocenters. The lowest BCUT2D eigenvalue weighted by molar-refractivity contribution is -0.150. The summed E-state index contributed by atoms with van der Waals surface area (Å²) in [6.45, 7) is 4.01. The number of carbonyl (C=O) groups excluding carboxylic acids is 1. The molecule has 0 bridgehead atoms. The van der Waals surface area contributed by atoms with Crippen LogP contribution in [0.4, 0.5) is 0 Å². The van der Waals surface area contributed by atoms with Crippen LogP contribution in [0.3, 0.4) is 0 Å². The number of hydrogen-bond acceptors (Lipinski definition) is 4. The fourth-order valence-electron chi connectivity index (χ4n) is 2.80. The van der Waals surface area contributed by atoms with Crippen molar-refractivity contribution in [2.24, 2.45) is 17.3 Å². The third-order valence-electron chi connectivity index (χ3n) is 4.22. The van der Waals surface area contributed by atoms with Gasteiger partial charge in [-0.25, -0.2) is 4.68 Å². The Labute approximate surface area is 137 Å². The van der Waals surface area contributed by atoms with Crippen molar-refractivity contribution in [2.75, 3.05) is 0 Å². The minimum Gasteiger partial charge on any atom is -0.442 e. The number of carbonyl (C=O) groups is 1. The van der Waals surface area contributed by atoms with E-state index in [1.165, 1.54) is 0 Å². The van der Waals surface area contributed by atoms with Crippen molar-refractivity contribution < 1.29 is 9.53 Å². The molecule has 1 aliphatic carbocycles. The predicted octanol–water partition coefficient (Wildman–Crippen LogP) is 3.52. The number of rotatable bonds is 4. The lowest BCUT2D eigenvalue weighted by Crippen LogP contribution is -2.14. The van der Waals surface area contributed by atoms with Crippen LogP contribution in [0.5, 0.6) is 0 Å². The molecule has 0 saturated heterocycles. The molecule has 1 aliphatic rings. The number of esters is 1. The summed E-state index contributed by atoms with van der Waals surface area (Å²) in [6, 6.07) is 7.50. The van der Waals surface area contributed by atoms with Gasteiger partial charge < -0.3 is 4.74 Å². The van der Waals surface area contributed by atoms with Crippen molar-refractivity contribution in [3.8, 4) is 0 Å². The lowest BCUT2D eigenvalue weighted by atomic mass is 10.1. The monoisotopic (exact) mass is 339 g/mol. The molecular formula is C15H15Cl2N3O2. The number of benzene rings is 1. The van der Waals surface area contributed by atoms with E-state index in [4.69, 9.17) is 27.9 Å². The SMILES string of the molecule is CC1(C)[C@H](C=C(Cl)Cl)[C@@H]1C(=O)OCn1nnc2ccccc21. The smallest absolute Gasteiger partial charge is 0.311 e. The molecule has 0 aliphatic heterocycles. The zero-order valence-corrected chi connectivity index (χ0v) is 13.7. The van der Waals surface area contributed by atoms with Gasteiger partial charge in [0, 0.05) is 0 Å². The molecule has 22 heavy (non-hydrogen) atoms. The molecule has 1 aromatic heterocycles. The Bertz CT molecular complexity index is 750. The van der Waals surface area contributed by atoms with Gasteiger partial charge in [-0.3, -0.25) is 4.79 Å². The molecule has 3 rings (SSSR count). The van der Waals surface area contributed by atoms with Crippen LogP contribution in [-0.4, -0.2) is 21.0 Å². The minimum atomic E-state index is -0.277. The fraction of sp³-hybridized carbons (Fsp3) is 0.400. The number of aromatic nitrogens is 3. The van der Waals surface area contributed by atoms with Gasteiger partial charge in [-0.15, -0.1) is 5.10 Å². The summed E-state index contributed by atoms with van der Waals surface area (Å²) in [5.41, 5.74) is 1.39. The molecule has 1 saturated carbocycles. The number of nitrogens with zero attached hydrogens (tertiary/aromatic N) is 3. The van der Waals surface area contributed by atoms with Gasteiger partial charge in [0.15, 0.2) is 6.73 Å². The first kappa shape index (κ1) is 15.3. The molecule has 5 nitrogen and oxygen atoms in total. The van der Waals surface area contributed by atoms with E-state index in [0.717, 1.165) is 11.0 Å². The van der Waals surface area contributed by atoms with Crippen molar-refractivity contribution in [2.45, 2.75) is 20.6 Å². The normalized spacial score (nSPS) is 22.4. The highest BCUT2D eigenvalue weighted by atomic mass is 35.5. The highest BCUT2D eigenvalue weighted by Gasteiger charge is 2.61. The van der Waals surface area contributed by atoms with E-state index in [-0.39, 0.29) is 34.4 Å². The molecule has 1 aromatic carbocycles. The van der Waals surface area contributed by atoms with E-state index in [2.05, 4.69) is 10.3 Å². The van der Waals surface area contributed by atoms with Gasteiger partial charge in [-0.2, -0.15) is 0 Å². The van der Waals surface area contributed by atoms with Gasteiger partial charge in [0.05, 0.1) is 11.4 Å². The Balaban J connectivity index is 1.67. The van der Waals surface area contributed by atoms with Crippen molar-refractivity contribution in [3.05, 3.63) is 34.8 Å². The number of para-hydroxylation sites is 1. The zero-order valence-electron chi connectivity index (χ0n) is 12.2. The number of ether oxygens (including phenoxy) is 1. The summed E-state index contributed by atoms with van der Waals surface area (Å²) < 4.78 is 7.11. The van der Waals surface area contributed by atoms with E-state index < -0.39 is 0 Å². The van der Waals surface area contributed by atoms with Gasteiger partial charge >= 0.3 is 5.97 Å². The van der Waals surface area contributed by atoms with E-state index in [1.54, 1.807) is 10.8 Å². The van der Waals surface area contributed by atoms with Crippen LogP contribution in [0.15, 0.2) is 34.8 Å². The largest absolute Gasteiger partial charge is 0.442 e. The third-order valence-corrected chi connectivity index (χ3v) is 4.47. The van der Waals surface area contributed by atoms with Crippen molar-refractivity contribution in [3.63, 3.8) is 0 Å².